The highest BCUT2D eigenvalue weighted by molar-refractivity contribution is 6.33. The van der Waals surface area contributed by atoms with Crippen molar-refractivity contribution >= 4 is 34.8 Å². The fourth-order valence-electron chi connectivity index (χ4n) is 2.17. The third-order valence-electron chi connectivity index (χ3n) is 3.15. The Balaban J connectivity index is 2.25. The molecule has 0 aliphatic heterocycles. The number of nitrogens with one attached hydrogen (secondary N) is 1. The molecular formula is C16H16Cl3N. The maximum atomic E-state index is 6.25. The van der Waals surface area contributed by atoms with Crippen LogP contribution in [-0.4, -0.2) is 6.54 Å². The van der Waals surface area contributed by atoms with Crippen LogP contribution in [-0.2, 0) is 6.42 Å². The SMILES string of the molecule is CCNC(Cc1cc(Cl)ccc1Cl)c1ccc(Cl)cc1. The quantitative estimate of drug-likeness (QED) is 0.760. The highest BCUT2D eigenvalue weighted by atomic mass is 35.5. The van der Waals surface area contributed by atoms with E-state index in [4.69, 9.17) is 34.8 Å². The summed E-state index contributed by atoms with van der Waals surface area (Å²) in [5, 5.41) is 5.66. The Morgan fingerprint density at radius 1 is 0.950 bits per heavy atom. The van der Waals surface area contributed by atoms with Crippen LogP contribution < -0.4 is 5.32 Å². The van der Waals surface area contributed by atoms with Gasteiger partial charge in [0, 0.05) is 21.1 Å². The minimum absolute atomic E-state index is 0.188. The molecule has 106 valence electrons. The van der Waals surface area contributed by atoms with Crippen molar-refractivity contribution in [2.75, 3.05) is 6.54 Å². The van der Waals surface area contributed by atoms with Gasteiger partial charge >= 0.3 is 0 Å². The number of hydrogen-bond acceptors (Lipinski definition) is 1. The summed E-state index contributed by atoms with van der Waals surface area (Å²) in [5.41, 5.74) is 2.23. The van der Waals surface area contributed by atoms with Gasteiger partial charge in [-0.25, -0.2) is 0 Å². The second kappa shape index (κ2) is 7.33. The number of likely N-dealkylation sites (N-methyl/N-ethyl adjacent to an activating group) is 1. The van der Waals surface area contributed by atoms with Crippen molar-refractivity contribution in [2.24, 2.45) is 0 Å². The molecule has 1 N–H and O–H groups in total. The second-order valence-electron chi connectivity index (χ2n) is 4.60. The van der Waals surface area contributed by atoms with Gasteiger partial charge in [0.1, 0.15) is 0 Å². The first-order chi connectivity index (χ1) is 9.60. The highest BCUT2D eigenvalue weighted by Gasteiger charge is 2.13. The van der Waals surface area contributed by atoms with Gasteiger partial charge in [-0.1, -0.05) is 53.9 Å². The van der Waals surface area contributed by atoms with Crippen LogP contribution in [0.5, 0.6) is 0 Å². The summed E-state index contributed by atoms with van der Waals surface area (Å²) in [6.45, 7) is 2.97. The van der Waals surface area contributed by atoms with E-state index in [2.05, 4.69) is 12.2 Å². The zero-order valence-electron chi connectivity index (χ0n) is 11.2. The molecule has 0 saturated carbocycles. The van der Waals surface area contributed by atoms with Crippen LogP contribution in [0.25, 0.3) is 0 Å². The Morgan fingerprint density at radius 2 is 1.60 bits per heavy atom. The lowest BCUT2D eigenvalue weighted by molar-refractivity contribution is 0.550. The van der Waals surface area contributed by atoms with Crippen molar-refractivity contribution in [2.45, 2.75) is 19.4 Å². The molecule has 0 saturated heterocycles. The van der Waals surface area contributed by atoms with Gasteiger partial charge in [-0.15, -0.1) is 0 Å². The number of halogens is 3. The fourth-order valence-corrected chi connectivity index (χ4v) is 2.68. The van der Waals surface area contributed by atoms with Gasteiger partial charge in [0.25, 0.3) is 0 Å². The van der Waals surface area contributed by atoms with E-state index >= 15 is 0 Å². The van der Waals surface area contributed by atoms with E-state index in [1.165, 1.54) is 5.56 Å². The zero-order chi connectivity index (χ0) is 14.5. The molecule has 0 aliphatic rings. The lowest BCUT2D eigenvalue weighted by Crippen LogP contribution is -2.23. The van der Waals surface area contributed by atoms with Crippen LogP contribution in [0, 0.1) is 0 Å². The molecule has 0 aromatic heterocycles. The van der Waals surface area contributed by atoms with E-state index in [-0.39, 0.29) is 6.04 Å². The van der Waals surface area contributed by atoms with E-state index in [1.54, 1.807) is 6.07 Å². The Labute approximate surface area is 134 Å². The third-order valence-corrected chi connectivity index (χ3v) is 4.01. The summed E-state index contributed by atoms with van der Waals surface area (Å²) < 4.78 is 0. The van der Waals surface area contributed by atoms with Gasteiger partial charge in [0.05, 0.1) is 0 Å². The Kier molecular flexibility index (Phi) is 5.74. The molecule has 0 heterocycles. The van der Waals surface area contributed by atoms with Gasteiger partial charge in [0.15, 0.2) is 0 Å². The molecule has 0 fully saturated rings. The molecule has 1 atom stereocenters. The van der Waals surface area contributed by atoms with Gasteiger partial charge in [-0.05, 0) is 54.4 Å². The first kappa shape index (κ1) is 15.7. The molecule has 0 bridgehead atoms. The largest absolute Gasteiger partial charge is 0.310 e. The lowest BCUT2D eigenvalue weighted by Gasteiger charge is -2.19. The van der Waals surface area contributed by atoms with E-state index in [0.29, 0.717) is 5.02 Å². The highest BCUT2D eigenvalue weighted by Crippen LogP contribution is 2.27. The minimum atomic E-state index is 0.188. The maximum Gasteiger partial charge on any atom is 0.0439 e. The van der Waals surface area contributed by atoms with Gasteiger partial charge in [-0.3, -0.25) is 0 Å². The van der Waals surface area contributed by atoms with E-state index < -0.39 is 0 Å². The number of rotatable bonds is 5. The molecule has 4 heteroatoms. The maximum absolute atomic E-state index is 6.25. The zero-order valence-corrected chi connectivity index (χ0v) is 13.4. The van der Waals surface area contributed by atoms with Crippen LogP contribution >= 0.6 is 34.8 Å². The van der Waals surface area contributed by atoms with Crippen LogP contribution in [0.4, 0.5) is 0 Å². The molecule has 1 nitrogen and oxygen atoms in total. The Bertz CT molecular complexity index is 566. The summed E-state index contributed by atoms with van der Waals surface area (Å²) in [7, 11) is 0. The molecule has 0 spiro atoms. The standard InChI is InChI=1S/C16H16Cl3N/c1-2-20-16(11-3-5-13(17)6-4-11)10-12-9-14(18)7-8-15(12)19/h3-9,16,20H,2,10H2,1H3. The fraction of sp³-hybridized carbons (Fsp3) is 0.250. The third kappa shape index (κ3) is 4.13. The van der Waals surface area contributed by atoms with Crippen LogP contribution in [0.3, 0.4) is 0 Å². The van der Waals surface area contributed by atoms with Crippen molar-refractivity contribution in [3.05, 3.63) is 68.7 Å². The average molecular weight is 329 g/mol. The lowest BCUT2D eigenvalue weighted by atomic mass is 9.99. The summed E-state index contributed by atoms with van der Waals surface area (Å²) >= 11 is 18.2. The topological polar surface area (TPSA) is 12.0 Å². The van der Waals surface area contributed by atoms with Crippen molar-refractivity contribution in [3.63, 3.8) is 0 Å². The number of benzene rings is 2. The average Bonchev–Trinajstić information content (AvgIpc) is 2.43. The van der Waals surface area contributed by atoms with Gasteiger partial charge in [0.2, 0.25) is 0 Å². The molecule has 0 amide bonds. The summed E-state index contributed by atoms with van der Waals surface area (Å²) in [4.78, 5) is 0. The molecule has 2 rings (SSSR count). The minimum Gasteiger partial charge on any atom is -0.310 e. The van der Waals surface area contributed by atoms with Crippen LogP contribution in [0.1, 0.15) is 24.1 Å². The monoisotopic (exact) mass is 327 g/mol. The smallest absolute Gasteiger partial charge is 0.0439 e. The summed E-state index contributed by atoms with van der Waals surface area (Å²) in [6.07, 6.45) is 0.787. The predicted octanol–water partition coefficient (Wildman–Crippen LogP) is 5.54. The van der Waals surface area contributed by atoms with Crippen molar-refractivity contribution < 1.29 is 0 Å². The van der Waals surface area contributed by atoms with Crippen molar-refractivity contribution in [3.8, 4) is 0 Å². The second-order valence-corrected chi connectivity index (χ2v) is 5.88. The van der Waals surface area contributed by atoms with E-state index in [9.17, 15) is 0 Å². The Hall–Kier alpha value is -0.730. The first-order valence-electron chi connectivity index (χ1n) is 6.53. The van der Waals surface area contributed by atoms with E-state index in [0.717, 1.165) is 28.6 Å². The molecule has 2 aromatic rings. The first-order valence-corrected chi connectivity index (χ1v) is 7.66. The van der Waals surface area contributed by atoms with Crippen LogP contribution in [0.2, 0.25) is 15.1 Å². The normalized spacial score (nSPS) is 12.4. The summed E-state index contributed by atoms with van der Waals surface area (Å²) in [6, 6.07) is 13.6. The predicted molar refractivity (Wildman–Crippen MR) is 88.0 cm³/mol. The van der Waals surface area contributed by atoms with Gasteiger partial charge in [-0.2, -0.15) is 0 Å². The molecule has 1 unspecified atom stereocenters. The van der Waals surface area contributed by atoms with Crippen LogP contribution in [0.15, 0.2) is 42.5 Å². The number of hydrogen-bond donors (Lipinski definition) is 1. The molecule has 2 aromatic carbocycles. The summed E-state index contributed by atoms with van der Waals surface area (Å²) in [5.74, 6) is 0. The molecular weight excluding hydrogens is 313 g/mol. The van der Waals surface area contributed by atoms with Crippen molar-refractivity contribution in [1.29, 1.82) is 0 Å². The van der Waals surface area contributed by atoms with Gasteiger partial charge < -0.3 is 5.32 Å². The van der Waals surface area contributed by atoms with Crippen molar-refractivity contribution in [1.82, 2.24) is 5.32 Å². The molecule has 20 heavy (non-hydrogen) atoms. The molecule has 0 radical (unpaired) electrons. The molecule has 0 aliphatic carbocycles. The van der Waals surface area contributed by atoms with E-state index in [1.807, 2.05) is 36.4 Å². The Morgan fingerprint density at radius 3 is 2.25 bits per heavy atom.